The quantitative estimate of drug-likeness (QED) is 0.435. The number of benzene rings is 1. The Labute approximate surface area is 209 Å². The van der Waals surface area contributed by atoms with Crippen molar-refractivity contribution in [2.24, 2.45) is 5.92 Å². The van der Waals surface area contributed by atoms with Gasteiger partial charge in [0.15, 0.2) is 0 Å². The summed E-state index contributed by atoms with van der Waals surface area (Å²) in [4.78, 5) is 25.3. The van der Waals surface area contributed by atoms with Gasteiger partial charge in [0, 0.05) is 31.9 Å². The Balaban J connectivity index is 1.20. The number of rotatable bonds is 5. The molecule has 3 fully saturated rings. The highest BCUT2D eigenvalue weighted by Crippen LogP contribution is 2.33. The Bertz CT molecular complexity index is 1110. The summed E-state index contributed by atoms with van der Waals surface area (Å²) in [5, 5.41) is 15.3. The highest BCUT2D eigenvalue weighted by Gasteiger charge is 2.42. The number of hydrogen-bond donors (Lipinski definition) is 4. The van der Waals surface area contributed by atoms with Crippen molar-refractivity contribution in [1.29, 1.82) is 0 Å². The third-order valence-electron chi connectivity index (χ3n) is 7.55. The van der Waals surface area contributed by atoms with Crippen LogP contribution in [0.5, 0.6) is 0 Å². The van der Waals surface area contributed by atoms with Crippen LogP contribution in [0.4, 0.5) is 5.82 Å². The molecule has 3 aliphatic rings. The van der Waals surface area contributed by atoms with Crippen LogP contribution < -0.4 is 26.2 Å². The number of aromatic nitrogens is 2. The zero-order valence-corrected chi connectivity index (χ0v) is 20.6. The smallest absolute Gasteiger partial charge is 0.234 e. The van der Waals surface area contributed by atoms with Crippen LogP contribution in [0.1, 0.15) is 36.6 Å². The second kappa shape index (κ2) is 10.2. The molecule has 9 heteroatoms. The molecule has 0 bridgehead atoms. The van der Waals surface area contributed by atoms with Gasteiger partial charge in [-0.15, -0.1) is 11.3 Å². The van der Waals surface area contributed by atoms with E-state index in [9.17, 15) is 4.79 Å². The lowest BCUT2D eigenvalue weighted by atomic mass is 9.90. The molecule has 35 heavy (non-hydrogen) atoms. The summed E-state index contributed by atoms with van der Waals surface area (Å²) in [6.07, 6.45) is 5.95. The minimum absolute atomic E-state index is 0.0481. The van der Waals surface area contributed by atoms with Crippen LogP contribution in [0, 0.1) is 5.92 Å². The van der Waals surface area contributed by atoms with E-state index in [0.29, 0.717) is 12.0 Å². The zero-order chi connectivity index (χ0) is 23.6. The number of thiazole rings is 1. The van der Waals surface area contributed by atoms with Gasteiger partial charge in [-0.2, -0.15) is 0 Å². The number of anilines is 1. The summed E-state index contributed by atoms with van der Waals surface area (Å²) in [5.41, 5.74) is 0.961. The van der Waals surface area contributed by atoms with Gasteiger partial charge >= 0.3 is 0 Å². The maximum atomic E-state index is 13.6. The number of carbonyl (C=O) groups is 1. The summed E-state index contributed by atoms with van der Waals surface area (Å²) in [7, 11) is 0. The average molecular weight is 492 g/mol. The van der Waals surface area contributed by atoms with Crippen molar-refractivity contribution in [3.63, 3.8) is 0 Å². The number of nitrogens with zero attached hydrogens (tertiary/aromatic N) is 3. The Morgan fingerprint density at radius 1 is 1.06 bits per heavy atom. The fraction of sp³-hybridized carbons (Fsp3) is 0.500. The van der Waals surface area contributed by atoms with Crippen LogP contribution >= 0.6 is 11.3 Å². The van der Waals surface area contributed by atoms with E-state index in [1.807, 2.05) is 36.5 Å². The van der Waals surface area contributed by atoms with E-state index < -0.39 is 0 Å². The number of pyridine rings is 1. The van der Waals surface area contributed by atoms with E-state index in [4.69, 9.17) is 4.98 Å². The number of amides is 1. The molecular weight excluding hydrogens is 458 g/mol. The molecule has 1 amide bonds. The molecule has 4 unspecified atom stereocenters. The normalized spacial score (nSPS) is 28.2. The number of fused-ring (bicyclic) bond motifs is 1. The molecule has 0 saturated carbocycles. The van der Waals surface area contributed by atoms with Crippen molar-refractivity contribution in [2.75, 3.05) is 31.1 Å². The van der Waals surface area contributed by atoms with Gasteiger partial charge in [-0.1, -0.05) is 18.2 Å². The van der Waals surface area contributed by atoms with E-state index in [-0.39, 0.29) is 24.2 Å². The Kier molecular flexibility index (Phi) is 6.65. The first-order valence-corrected chi connectivity index (χ1v) is 13.6. The van der Waals surface area contributed by atoms with Gasteiger partial charge in [-0.25, -0.2) is 9.97 Å². The van der Waals surface area contributed by atoms with Gasteiger partial charge in [-0.05, 0) is 62.4 Å². The Morgan fingerprint density at radius 2 is 1.91 bits per heavy atom. The van der Waals surface area contributed by atoms with Gasteiger partial charge in [0.25, 0.3) is 0 Å². The van der Waals surface area contributed by atoms with Crippen molar-refractivity contribution < 1.29 is 4.79 Å². The molecule has 3 saturated heterocycles. The summed E-state index contributed by atoms with van der Waals surface area (Å²) >= 11 is 1.63. The minimum atomic E-state index is -0.348. The van der Waals surface area contributed by atoms with Gasteiger partial charge < -0.3 is 15.5 Å². The van der Waals surface area contributed by atoms with E-state index in [2.05, 4.69) is 43.3 Å². The molecule has 8 nitrogen and oxygen atoms in total. The SMILES string of the molecule is O=C1NC(C2CCN(c3ccccn3)CC2)NC(NC2CCCNC2)C1c1nc2ccccc2s1. The molecule has 6 rings (SSSR count). The molecule has 0 radical (unpaired) electrons. The summed E-state index contributed by atoms with van der Waals surface area (Å²) in [5.74, 6) is 1.14. The molecule has 2 aromatic heterocycles. The van der Waals surface area contributed by atoms with Gasteiger partial charge in [0.05, 0.1) is 22.5 Å². The summed E-state index contributed by atoms with van der Waals surface area (Å²) in [6, 6.07) is 14.5. The number of nitrogens with one attached hydrogen (secondary N) is 4. The standard InChI is InChI=1S/C26H33N7OS/c34-25-22(26-30-19-7-1-2-8-20(19)35-26)24(29-18-6-5-12-27-16-18)31-23(32-25)17-10-14-33(15-11-17)21-9-3-4-13-28-21/h1-4,7-9,13,17-18,22-24,27,29,31H,5-6,10-12,14-16H2,(H,32,34). The lowest BCUT2D eigenvalue weighted by molar-refractivity contribution is -0.127. The first-order chi connectivity index (χ1) is 17.2. The number of hydrogen-bond acceptors (Lipinski definition) is 8. The van der Waals surface area contributed by atoms with E-state index in [0.717, 1.165) is 72.9 Å². The lowest BCUT2D eigenvalue weighted by Crippen LogP contribution is -2.69. The van der Waals surface area contributed by atoms with E-state index in [1.54, 1.807) is 11.3 Å². The second-order valence-corrected chi connectivity index (χ2v) is 10.9. The molecule has 0 aliphatic carbocycles. The lowest BCUT2D eigenvalue weighted by Gasteiger charge is -2.44. The van der Waals surface area contributed by atoms with Crippen LogP contribution in [0.2, 0.25) is 0 Å². The first-order valence-electron chi connectivity index (χ1n) is 12.8. The first kappa shape index (κ1) is 22.8. The average Bonchev–Trinajstić information content (AvgIpc) is 3.33. The molecule has 0 spiro atoms. The van der Waals surface area contributed by atoms with E-state index >= 15 is 0 Å². The molecule has 5 heterocycles. The fourth-order valence-electron chi connectivity index (χ4n) is 5.65. The third kappa shape index (κ3) is 4.91. The molecule has 3 aliphatic heterocycles. The van der Waals surface area contributed by atoms with Crippen molar-refractivity contribution >= 4 is 33.3 Å². The number of para-hydroxylation sites is 1. The zero-order valence-electron chi connectivity index (χ0n) is 19.8. The molecular formula is C26H33N7OS. The van der Waals surface area contributed by atoms with Crippen LogP contribution in [0.25, 0.3) is 10.2 Å². The van der Waals surface area contributed by atoms with Gasteiger partial charge in [0.1, 0.15) is 16.7 Å². The number of carbonyl (C=O) groups excluding carboxylic acids is 1. The summed E-state index contributed by atoms with van der Waals surface area (Å²) in [6.45, 7) is 3.89. The Morgan fingerprint density at radius 3 is 2.69 bits per heavy atom. The van der Waals surface area contributed by atoms with Crippen molar-refractivity contribution in [1.82, 2.24) is 31.2 Å². The van der Waals surface area contributed by atoms with Crippen LogP contribution in [0.15, 0.2) is 48.7 Å². The highest BCUT2D eigenvalue weighted by atomic mass is 32.1. The number of piperidine rings is 2. The maximum absolute atomic E-state index is 13.6. The fourth-order valence-corrected chi connectivity index (χ4v) is 6.76. The topological polar surface area (TPSA) is 94.2 Å². The highest BCUT2D eigenvalue weighted by molar-refractivity contribution is 7.18. The van der Waals surface area contributed by atoms with Gasteiger partial charge in [-0.3, -0.25) is 15.4 Å². The van der Waals surface area contributed by atoms with Crippen LogP contribution in [0.3, 0.4) is 0 Å². The molecule has 4 atom stereocenters. The van der Waals surface area contributed by atoms with Crippen LogP contribution in [-0.4, -0.2) is 60.4 Å². The van der Waals surface area contributed by atoms with Crippen molar-refractivity contribution in [3.05, 3.63) is 53.7 Å². The monoisotopic (exact) mass is 491 g/mol. The predicted octanol–water partition coefficient (Wildman–Crippen LogP) is 2.40. The molecule has 184 valence electrons. The van der Waals surface area contributed by atoms with Crippen molar-refractivity contribution in [2.45, 2.75) is 50.0 Å². The molecule has 1 aromatic carbocycles. The largest absolute Gasteiger partial charge is 0.357 e. The Hall–Kier alpha value is -2.59. The summed E-state index contributed by atoms with van der Waals surface area (Å²) < 4.78 is 1.12. The van der Waals surface area contributed by atoms with Crippen molar-refractivity contribution in [3.8, 4) is 0 Å². The maximum Gasteiger partial charge on any atom is 0.234 e. The molecule has 4 N–H and O–H groups in total. The third-order valence-corrected chi connectivity index (χ3v) is 8.67. The van der Waals surface area contributed by atoms with E-state index in [1.165, 1.54) is 0 Å². The predicted molar refractivity (Wildman–Crippen MR) is 139 cm³/mol. The minimum Gasteiger partial charge on any atom is -0.357 e. The van der Waals surface area contributed by atoms with Gasteiger partial charge in [0.2, 0.25) is 5.91 Å². The second-order valence-electron chi connectivity index (χ2n) is 9.85. The van der Waals surface area contributed by atoms with Crippen LogP contribution in [-0.2, 0) is 4.79 Å². The molecule has 3 aromatic rings.